The van der Waals surface area contributed by atoms with Gasteiger partial charge >= 0.3 is 0 Å². The van der Waals surface area contributed by atoms with Crippen molar-refractivity contribution in [3.05, 3.63) is 0 Å². The molecule has 0 spiro atoms. The molecule has 6 heavy (non-hydrogen) atoms. The molecule has 33 valence electrons. The maximum absolute atomic E-state index is 5.37. The van der Waals surface area contributed by atoms with E-state index in [9.17, 15) is 0 Å². The highest BCUT2D eigenvalue weighted by molar-refractivity contribution is 6.04. The fraction of sp³-hybridized carbons (Fsp3) is 1.00. The fourth-order valence-corrected chi connectivity index (χ4v) is 0.742. The molecule has 0 aromatic rings. The van der Waals surface area contributed by atoms with Crippen molar-refractivity contribution < 1.29 is 0 Å². The maximum Gasteiger partial charge on any atom is -0.0429 e. The predicted molar refractivity (Wildman–Crippen MR) is 26.6 cm³/mol. The third kappa shape index (κ3) is 0.746. The molecule has 0 aliphatic carbocycles. The summed E-state index contributed by atoms with van der Waals surface area (Å²) >= 11 is 0. The summed E-state index contributed by atoms with van der Waals surface area (Å²) < 4.78 is 0. The van der Waals surface area contributed by atoms with Gasteiger partial charge in [0.1, 0.15) is 0 Å². The summed E-state index contributed by atoms with van der Waals surface area (Å²) in [5.74, 6) is 0. The summed E-state index contributed by atoms with van der Waals surface area (Å²) in [7, 11) is 5.37. The van der Waals surface area contributed by atoms with E-state index in [1.807, 2.05) is 4.81 Å². The second-order valence-electron chi connectivity index (χ2n) is 1.74. The summed E-state index contributed by atoms with van der Waals surface area (Å²) in [4.78, 5) is 1.86. The molecule has 0 aromatic carbocycles. The van der Waals surface area contributed by atoms with Gasteiger partial charge in [0.2, 0.25) is 0 Å². The maximum atomic E-state index is 5.37. The van der Waals surface area contributed by atoms with Crippen molar-refractivity contribution in [1.82, 2.24) is 4.81 Å². The highest BCUT2D eigenvalue weighted by Gasteiger charge is 1.93. The third-order valence-corrected chi connectivity index (χ3v) is 1.14. The lowest BCUT2D eigenvalue weighted by molar-refractivity contribution is 0.565. The topological polar surface area (TPSA) is 3.24 Å². The predicted octanol–water partition coefficient (Wildman–Crippen LogP) is 0.166. The van der Waals surface area contributed by atoms with Crippen LogP contribution < -0.4 is 0 Å². The quantitative estimate of drug-likeness (QED) is 0.375. The van der Waals surface area contributed by atoms with Crippen molar-refractivity contribution >= 4 is 7.98 Å². The van der Waals surface area contributed by atoms with Crippen LogP contribution in [-0.4, -0.2) is 25.9 Å². The first kappa shape index (κ1) is 4.19. The van der Waals surface area contributed by atoms with E-state index in [0.29, 0.717) is 0 Å². The molecule has 0 bridgehead atoms. The zero-order chi connectivity index (χ0) is 4.41. The molecule has 0 aromatic heterocycles. The van der Waals surface area contributed by atoms with Crippen molar-refractivity contribution in [1.29, 1.82) is 0 Å². The van der Waals surface area contributed by atoms with E-state index >= 15 is 0 Å². The van der Waals surface area contributed by atoms with Crippen LogP contribution in [0.2, 0.25) is 0 Å². The molecular formula is C4H8BN-. The van der Waals surface area contributed by atoms with E-state index in [-0.39, 0.29) is 0 Å². The molecule has 0 atom stereocenters. The van der Waals surface area contributed by atoms with Crippen molar-refractivity contribution in [3.8, 4) is 0 Å². The lowest BCUT2D eigenvalue weighted by Gasteiger charge is -2.23. The van der Waals surface area contributed by atoms with Gasteiger partial charge in [-0.25, -0.2) is 0 Å². The van der Waals surface area contributed by atoms with E-state index in [1.165, 1.54) is 12.8 Å². The van der Waals surface area contributed by atoms with Gasteiger partial charge in [-0.3, -0.25) is 0 Å². The molecule has 1 rings (SSSR count). The molecule has 1 aliphatic heterocycles. The van der Waals surface area contributed by atoms with Gasteiger partial charge in [-0.15, -0.1) is 0 Å². The Hall–Kier alpha value is 0.0249. The van der Waals surface area contributed by atoms with Gasteiger partial charge in [-0.1, -0.05) is 0 Å². The van der Waals surface area contributed by atoms with Gasteiger partial charge in [0.25, 0.3) is 0 Å². The van der Waals surface area contributed by atoms with Crippen LogP contribution >= 0.6 is 0 Å². The van der Waals surface area contributed by atoms with Crippen LogP contribution in [0, 0.1) is 0 Å². The second kappa shape index (κ2) is 1.65. The van der Waals surface area contributed by atoms with E-state index in [1.54, 1.807) is 0 Å². The summed E-state index contributed by atoms with van der Waals surface area (Å²) in [5, 5.41) is 0. The zero-order valence-corrected chi connectivity index (χ0v) is 3.85. The Morgan fingerprint density at radius 3 is 1.83 bits per heavy atom. The monoisotopic (exact) mass is 81.1 g/mol. The van der Waals surface area contributed by atoms with E-state index in [0.717, 1.165) is 13.1 Å². The molecule has 1 saturated heterocycles. The first-order valence-corrected chi connectivity index (χ1v) is 2.39. The number of hydrogen-bond donors (Lipinski definition) is 0. The lowest BCUT2D eigenvalue weighted by Crippen LogP contribution is -2.13. The Morgan fingerprint density at radius 1 is 1.17 bits per heavy atom. The van der Waals surface area contributed by atoms with Gasteiger partial charge in [0, 0.05) is 0 Å². The number of rotatable bonds is 0. The smallest absolute Gasteiger partial charge is 0.0429 e. The molecule has 1 nitrogen and oxygen atoms in total. The minimum absolute atomic E-state index is 1.10. The SMILES string of the molecule is [B-]N1CCCC1. The number of nitrogens with zero attached hydrogens (tertiary/aromatic N) is 1. The van der Waals surface area contributed by atoms with Crippen LogP contribution in [0.3, 0.4) is 0 Å². The molecule has 0 unspecified atom stereocenters. The first-order valence-electron chi connectivity index (χ1n) is 2.39. The normalized spacial score (nSPS) is 25.5. The van der Waals surface area contributed by atoms with Crippen LogP contribution in [0.15, 0.2) is 0 Å². The van der Waals surface area contributed by atoms with Crippen molar-refractivity contribution in [2.75, 3.05) is 13.1 Å². The first-order chi connectivity index (χ1) is 2.89. The van der Waals surface area contributed by atoms with Crippen LogP contribution in [-0.2, 0) is 0 Å². The Bertz CT molecular complexity index is 40.8. The second-order valence-corrected chi connectivity index (χ2v) is 1.74. The minimum Gasteiger partial charge on any atom is -0.580 e. The molecule has 1 aliphatic rings. The lowest BCUT2D eigenvalue weighted by atomic mass is 10.3. The average Bonchev–Trinajstić information content (AvgIpc) is 1.86. The Kier molecular flexibility index (Phi) is 1.15. The van der Waals surface area contributed by atoms with Crippen molar-refractivity contribution in [3.63, 3.8) is 0 Å². The molecule has 0 amide bonds. The fourth-order valence-electron chi connectivity index (χ4n) is 0.742. The van der Waals surface area contributed by atoms with Gasteiger partial charge in [0.05, 0.1) is 0 Å². The van der Waals surface area contributed by atoms with Crippen molar-refractivity contribution in [2.45, 2.75) is 12.8 Å². The molecule has 1 fully saturated rings. The zero-order valence-electron chi connectivity index (χ0n) is 3.85. The minimum atomic E-state index is 1.10. The van der Waals surface area contributed by atoms with Crippen LogP contribution in [0.1, 0.15) is 12.8 Å². The molecule has 0 N–H and O–H groups in total. The Morgan fingerprint density at radius 2 is 1.67 bits per heavy atom. The molecule has 3 radical (unpaired) electrons. The summed E-state index contributed by atoms with van der Waals surface area (Å²) in [6, 6.07) is 0. The van der Waals surface area contributed by atoms with Crippen LogP contribution in [0.4, 0.5) is 0 Å². The van der Waals surface area contributed by atoms with Crippen LogP contribution in [0.25, 0.3) is 0 Å². The summed E-state index contributed by atoms with van der Waals surface area (Å²) in [5.41, 5.74) is 0. The third-order valence-electron chi connectivity index (χ3n) is 1.14. The Labute approximate surface area is 39.8 Å². The highest BCUT2D eigenvalue weighted by atomic mass is 15.0. The Balaban J connectivity index is 2.18. The van der Waals surface area contributed by atoms with Gasteiger partial charge in [-0.2, -0.15) is 0 Å². The number of hydrogen-bond acceptors (Lipinski definition) is 1. The molecule has 0 saturated carbocycles. The van der Waals surface area contributed by atoms with Crippen molar-refractivity contribution in [2.24, 2.45) is 0 Å². The summed E-state index contributed by atoms with van der Waals surface area (Å²) in [6.07, 6.45) is 2.58. The van der Waals surface area contributed by atoms with E-state index in [2.05, 4.69) is 0 Å². The molecule has 1 heterocycles. The molecule has 2 heteroatoms. The van der Waals surface area contributed by atoms with Crippen LogP contribution in [0.5, 0.6) is 0 Å². The van der Waals surface area contributed by atoms with E-state index < -0.39 is 0 Å². The van der Waals surface area contributed by atoms with Gasteiger partial charge < -0.3 is 12.8 Å². The summed E-state index contributed by atoms with van der Waals surface area (Å²) in [6.45, 7) is 2.19. The highest BCUT2D eigenvalue weighted by Crippen LogP contribution is 2.01. The van der Waals surface area contributed by atoms with Gasteiger partial charge in [0.15, 0.2) is 0 Å². The molecular weight excluding hydrogens is 72.9 g/mol. The van der Waals surface area contributed by atoms with Gasteiger partial charge in [-0.05, 0) is 25.9 Å². The largest absolute Gasteiger partial charge is 0.580 e. The standard InChI is InChI=1S/C4H8BN/c5-6-3-1-2-4-6/h1-4H2/q-1. The van der Waals surface area contributed by atoms with E-state index in [4.69, 9.17) is 7.98 Å². The average molecular weight is 80.9 g/mol.